The maximum absolute atomic E-state index is 12.0. The summed E-state index contributed by atoms with van der Waals surface area (Å²) in [6, 6.07) is 0. The summed E-state index contributed by atoms with van der Waals surface area (Å²) in [5.74, 6) is -0.235. The van der Waals surface area contributed by atoms with Crippen molar-refractivity contribution in [2.45, 2.75) is 76.9 Å². The SMILES string of the molecule is CCCC(OC1(CN)CCCCCC1)C(=O)OCC. The van der Waals surface area contributed by atoms with Gasteiger partial charge in [0.2, 0.25) is 0 Å². The highest BCUT2D eigenvalue weighted by atomic mass is 16.6. The maximum atomic E-state index is 12.0. The summed E-state index contributed by atoms with van der Waals surface area (Å²) in [5, 5.41) is 0. The first kappa shape index (κ1) is 16.4. The first-order chi connectivity index (χ1) is 9.17. The van der Waals surface area contributed by atoms with Gasteiger partial charge in [0.25, 0.3) is 0 Å². The van der Waals surface area contributed by atoms with Crippen LogP contribution in [0.25, 0.3) is 0 Å². The van der Waals surface area contributed by atoms with Crippen LogP contribution in [-0.2, 0) is 14.3 Å². The van der Waals surface area contributed by atoms with E-state index >= 15 is 0 Å². The van der Waals surface area contributed by atoms with E-state index in [1.54, 1.807) is 0 Å². The summed E-state index contributed by atoms with van der Waals surface area (Å²) in [4.78, 5) is 12.0. The molecule has 0 heterocycles. The number of hydrogen-bond acceptors (Lipinski definition) is 4. The van der Waals surface area contributed by atoms with E-state index in [4.69, 9.17) is 15.2 Å². The first-order valence-corrected chi connectivity index (χ1v) is 7.72. The van der Waals surface area contributed by atoms with Gasteiger partial charge >= 0.3 is 5.97 Å². The summed E-state index contributed by atoms with van der Waals surface area (Å²) in [6.45, 7) is 4.77. The Labute approximate surface area is 117 Å². The van der Waals surface area contributed by atoms with Crippen molar-refractivity contribution < 1.29 is 14.3 Å². The van der Waals surface area contributed by atoms with E-state index in [-0.39, 0.29) is 11.6 Å². The van der Waals surface area contributed by atoms with Gasteiger partial charge in [0.1, 0.15) is 0 Å². The van der Waals surface area contributed by atoms with Crippen molar-refractivity contribution >= 4 is 5.97 Å². The smallest absolute Gasteiger partial charge is 0.335 e. The molecule has 1 saturated carbocycles. The third kappa shape index (κ3) is 5.11. The molecule has 0 aromatic rings. The highest BCUT2D eigenvalue weighted by Gasteiger charge is 2.35. The van der Waals surface area contributed by atoms with E-state index in [0.29, 0.717) is 19.6 Å². The second-order valence-electron chi connectivity index (χ2n) is 5.45. The molecule has 1 fully saturated rings. The van der Waals surface area contributed by atoms with Gasteiger partial charge in [-0.25, -0.2) is 4.79 Å². The monoisotopic (exact) mass is 271 g/mol. The van der Waals surface area contributed by atoms with Gasteiger partial charge in [0.05, 0.1) is 12.2 Å². The van der Waals surface area contributed by atoms with Gasteiger partial charge in [-0.05, 0) is 26.2 Å². The van der Waals surface area contributed by atoms with E-state index in [9.17, 15) is 4.79 Å². The molecule has 1 atom stereocenters. The van der Waals surface area contributed by atoms with Crippen molar-refractivity contribution in [1.29, 1.82) is 0 Å². The third-order valence-electron chi connectivity index (χ3n) is 3.88. The molecule has 0 amide bonds. The predicted octanol–water partition coefficient (Wildman–Crippen LogP) is 2.79. The molecule has 0 aliphatic heterocycles. The van der Waals surface area contributed by atoms with Crippen molar-refractivity contribution in [3.8, 4) is 0 Å². The quantitative estimate of drug-likeness (QED) is 0.571. The molecule has 1 aliphatic rings. The number of hydrogen-bond donors (Lipinski definition) is 1. The standard InChI is InChI=1S/C15H29NO3/c1-3-9-13(14(17)18-4-2)19-15(12-16)10-7-5-6-8-11-15/h13H,3-12,16H2,1-2H3. The number of ether oxygens (including phenoxy) is 2. The van der Waals surface area contributed by atoms with Crippen LogP contribution in [0.4, 0.5) is 0 Å². The normalized spacial score (nSPS) is 20.6. The van der Waals surface area contributed by atoms with Crippen molar-refractivity contribution in [2.75, 3.05) is 13.2 Å². The predicted molar refractivity (Wildman–Crippen MR) is 75.9 cm³/mol. The van der Waals surface area contributed by atoms with Crippen molar-refractivity contribution in [2.24, 2.45) is 5.73 Å². The van der Waals surface area contributed by atoms with Crippen LogP contribution in [0.15, 0.2) is 0 Å². The Morgan fingerprint density at radius 1 is 1.21 bits per heavy atom. The van der Waals surface area contributed by atoms with E-state index in [1.807, 2.05) is 6.92 Å². The molecule has 0 saturated heterocycles. The first-order valence-electron chi connectivity index (χ1n) is 7.72. The molecule has 0 radical (unpaired) electrons. The average molecular weight is 271 g/mol. The van der Waals surface area contributed by atoms with E-state index < -0.39 is 6.10 Å². The van der Waals surface area contributed by atoms with Crippen molar-refractivity contribution in [1.82, 2.24) is 0 Å². The molecule has 19 heavy (non-hydrogen) atoms. The Morgan fingerprint density at radius 2 is 1.84 bits per heavy atom. The summed E-state index contributed by atoms with van der Waals surface area (Å²) in [5.41, 5.74) is 5.63. The van der Waals surface area contributed by atoms with Crippen LogP contribution in [-0.4, -0.2) is 30.8 Å². The summed E-state index contributed by atoms with van der Waals surface area (Å²) >= 11 is 0. The third-order valence-corrected chi connectivity index (χ3v) is 3.88. The zero-order valence-electron chi connectivity index (χ0n) is 12.5. The van der Waals surface area contributed by atoms with Gasteiger partial charge in [-0.1, -0.05) is 39.0 Å². The van der Waals surface area contributed by atoms with E-state index in [1.165, 1.54) is 12.8 Å². The molecule has 1 aliphatic carbocycles. The number of esters is 1. The number of carbonyl (C=O) groups is 1. The van der Waals surface area contributed by atoms with Gasteiger partial charge in [-0.3, -0.25) is 0 Å². The lowest BCUT2D eigenvalue weighted by molar-refractivity contribution is -0.172. The maximum Gasteiger partial charge on any atom is 0.335 e. The molecule has 1 rings (SSSR count). The van der Waals surface area contributed by atoms with Crippen molar-refractivity contribution in [3.05, 3.63) is 0 Å². The summed E-state index contributed by atoms with van der Waals surface area (Å²) < 4.78 is 11.3. The highest BCUT2D eigenvalue weighted by molar-refractivity contribution is 5.74. The highest BCUT2D eigenvalue weighted by Crippen LogP contribution is 2.31. The molecule has 1 unspecified atom stereocenters. The minimum absolute atomic E-state index is 0.235. The van der Waals surface area contributed by atoms with Gasteiger partial charge in [-0.2, -0.15) is 0 Å². The lowest BCUT2D eigenvalue weighted by Crippen LogP contribution is -2.45. The topological polar surface area (TPSA) is 61.5 Å². The van der Waals surface area contributed by atoms with Gasteiger partial charge < -0.3 is 15.2 Å². The second kappa shape index (κ2) is 8.54. The van der Waals surface area contributed by atoms with Crippen LogP contribution in [0, 0.1) is 0 Å². The zero-order valence-corrected chi connectivity index (χ0v) is 12.5. The Hall–Kier alpha value is -0.610. The molecule has 4 nitrogen and oxygen atoms in total. The molecule has 112 valence electrons. The fourth-order valence-corrected chi connectivity index (χ4v) is 2.77. The Balaban J connectivity index is 2.69. The fourth-order valence-electron chi connectivity index (χ4n) is 2.77. The molecule has 2 N–H and O–H groups in total. The minimum atomic E-state index is -0.452. The van der Waals surface area contributed by atoms with E-state index in [2.05, 4.69) is 6.92 Å². The Kier molecular flexibility index (Phi) is 7.39. The Morgan fingerprint density at radius 3 is 2.32 bits per heavy atom. The molecule has 4 heteroatoms. The lowest BCUT2D eigenvalue weighted by atomic mass is 9.93. The number of rotatable bonds is 7. The lowest BCUT2D eigenvalue weighted by Gasteiger charge is -2.35. The molecule has 0 spiro atoms. The van der Waals surface area contributed by atoms with Gasteiger partial charge in [0.15, 0.2) is 6.10 Å². The van der Waals surface area contributed by atoms with Crippen LogP contribution in [0.1, 0.15) is 65.2 Å². The van der Waals surface area contributed by atoms with Crippen LogP contribution >= 0.6 is 0 Å². The number of nitrogens with two attached hydrogens (primary N) is 1. The van der Waals surface area contributed by atoms with Crippen LogP contribution in [0.2, 0.25) is 0 Å². The van der Waals surface area contributed by atoms with Crippen LogP contribution in [0.3, 0.4) is 0 Å². The van der Waals surface area contributed by atoms with Crippen LogP contribution < -0.4 is 5.73 Å². The van der Waals surface area contributed by atoms with Crippen LogP contribution in [0.5, 0.6) is 0 Å². The summed E-state index contributed by atoms with van der Waals surface area (Å²) in [6.07, 6.45) is 7.84. The minimum Gasteiger partial charge on any atom is -0.464 e. The second-order valence-corrected chi connectivity index (χ2v) is 5.45. The largest absolute Gasteiger partial charge is 0.464 e. The fraction of sp³-hybridized carbons (Fsp3) is 0.933. The molecular formula is C15H29NO3. The average Bonchev–Trinajstić information content (AvgIpc) is 2.65. The molecule has 0 bridgehead atoms. The van der Waals surface area contributed by atoms with Gasteiger partial charge in [-0.15, -0.1) is 0 Å². The molecule has 0 aromatic heterocycles. The van der Waals surface area contributed by atoms with Gasteiger partial charge in [0, 0.05) is 6.54 Å². The zero-order chi connectivity index (χ0) is 14.1. The van der Waals surface area contributed by atoms with Crippen molar-refractivity contribution in [3.63, 3.8) is 0 Å². The number of carbonyl (C=O) groups excluding carboxylic acids is 1. The molecular weight excluding hydrogens is 242 g/mol. The summed E-state index contributed by atoms with van der Waals surface area (Å²) in [7, 11) is 0. The van der Waals surface area contributed by atoms with E-state index in [0.717, 1.165) is 32.1 Å². The molecule has 0 aromatic carbocycles. The Bertz CT molecular complexity index is 260.